The van der Waals surface area contributed by atoms with Crippen LogP contribution < -0.4 is 15.8 Å². The highest BCUT2D eigenvalue weighted by Gasteiger charge is 2.17. The number of nitrogens with two attached hydrogens (primary N) is 1. The van der Waals surface area contributed by atoms with Crippen LogP contribution in [-0.4, -0.2) is 27.4 Å². The lowest BCUT2D eigenvalue weighted by molar-refractivity contribution is -0.119. The second-order valence-electron chi connectivity index (χ2n) is 10.7. The minimum absolute atomic E-state index is 0.0544. The second kappa shape index (κ2) is 11.3. The van der Waals surface area contributed by atoms with Gasteiger partial charge in [0, 0.05) is 39.2 Å². The number of rotatable bonds is 7. The van der Waals surface area contributed by atoms with Gasteiger partial charge in [0.25, 0.3) is 0 Å². The predicted octanol–water partition coefficient (Wildman–Crippen LogP) is 6.69. The maximum absolute atomic E-state index is 15.3. The Kier molecular flexibility index (Phi) is 8.64. The molecule has 8 heteroatoms. The summed E-state index contributed by atoms with van der Waals surface area (Å²) in [4.78, 5) is 22.4. The molecule has 0 radical (unpaired) electrons. The number of nitrogens with one attached hydrogen (secondary N) is 1. The molecule has 3 rings (SSSR count). The van der Waals surface area contributed by atoms with Crippen LogP contribution in [0, 0.1) is 12.7 Å². The molecule has 3 aromatic rings. The first-order valence-corrected chi connectivity index (χ1v) is 12.9. The number of ether oxygens (including phenoxy) is 1. The number of benzene rings is 2. The van der Waals surface area contributed by atoms with Gasteiger partial charge in [-0.3, -0.25) is 14.8 Å². The van der Waals surface area contributed by atoms with Crippen molar-refractivity contribution in [2.45, 2.75) is 70.1 Å². The Morgan fingerprint density at radius 1 is 1.14 bits per heavy atom. The van der Waals surface area contributed by atoms with Crippen molar-refractivity contribution in [3.63, 3.8) is 0 Å². The van der Waals surface area contributed by atoms with E-state index in [1.807, 2.05) is 39.0 Å². The lowest BCUT2D eigenvalue weighted by atomic mass is 10.1. The zero-order valence-corrected chi connectivity index (χ0v) is 23.3. The van der Waals surface area contributed by atoms with Crippen LogP contribution in [0.2, 0.25) is 0 Å². The summed E-state index contributed by atoms with van der Waals surface area (Å²) in [6, 6.07) is 11.1. The predicted molar refractivity (Wildman–Crippen MR) is 151 cm³/mol. The Morgan fingerprint density at radius 3 is 2.51 bits per heavy atom. The van der Waals surface area contributed by atoms with Crippen LogP contribution in [0.15, 0.2) is 64.4 Å². The summed E-state index contributed by atoms with van der Waals surface area (Å²) in [5.74, 6) is 0.0813. The van der Waals surface area contributed by atoms with E-state index < -0.39 is 11.7 Å². The van der Waals surface area contributed by atoms with Gasteiger partial charge in [-0.15, -0.1) is 11.8 Å². The summed E-state index contributed by atoms with van der Waals surface area (Å²) in [7, 11) is 0. The fourth-order valence-electron chi connectivity index (χ4n) is 3.45. The van der Waals surface area contributed by atoms with E-state index in [4.69, 9.17) is 10.5 Å². The summed E-state index contributed by atoms with van der Waals surface area (Å²) in [6.07, 6.45) is 4.28. The molecular weight excluding hydrogens is 487 g/mol. The lowest BCUT2D eigenvalue weighted by Crippen LogP contribution is -2.27. The number of fused-ring (bicyclic) bond motifs is 1. The smallest absolute Gasteiger partial charge is 0.228 e. The minimum Gasteiger partial charge on any atom is -0.456 e. The molecule has 0 saturated carbocycles. The van der Waals surface area contributed by atoms with Crippen LogP contribution in [0.25, 0.3) is 10.9 Å². The molecule has 0 atom stereocenters. The van der Waals surface area contributed by atoms with Crippen molar-refractivity contribution < 1.29 is 13.9 Å². The molecule has 0 spiro atoms. The molecular formula is C29H35FN4O2S. The normalized spacial score (nSPS) is 12.8. The highest BCUT2D eigenvalue weighted by Crippen LogP contribution is 2.37. The van der Waals surface area contributed by atoms with E-state index in [-0.39, 0.29) is 22.3 Å². The molecule has 0 fully saturated rings. The van der Waals surface area contributed by atoms with Crippen LogP contribution in [0.4, 0.5) is 4.39 Å². The van der Waals surface area contributed by atoms with E-state index in [1.165, 1.54) is 12.4 Å². The number of allylic oxidation sites excluding steroid dienone is 1. The summed E-state index contributed by atoms with van der Waals surface area (Å²) in [5.41, 5.74) is 7.01. The van der Waals surface area contributed by atoms with E-state index in [0.29, 0.717) is 22.8 Å². The minimum atomic E-state index is -0.489. The molecule has 1 heterocycles. The highest BCUT2D eigenvalue weighted by atomic mass is 32.2. The second-order valence-corrected chi connectivity index (χ2v) is 12.6. The molecule has 37 heavy (non-hydrogen) atoms. The Morgan fingerprint density at radius 2 is 1.86 bits per heavy atom. The number of aliphatic imine (C=N–C) groups is 1. The van der Waals surface area contributed by atoms with Crippen LogP contribution in [0.3, 0.4) is 0 Å². The van der Waals surface area contributed by atoms with Crippen LogP contribution in [-0.2, 0) is 11.2 Å². The number of nitrogens with zero attached hydrogens (tertiary/aromatic N) is 2. The van der Waals surface area contributed by atoms with Crippen LogP contribution in [0.5, 0.6) is 11.5 Å². The van der Waals surface area contributed by atoms with Crippen molar-refractivity contribution in [2.24, 2.45) is 10.7 Å². The van der Waals surface area contributed by atoms with E-state index in [9.17, 15) is 4.79 Å². The van der Waals surface area contributed by atoms with E-state index in [0.717, 1.165) is 15.8 Å². The third-order valence-corrected chi connectivity index (χ3v) is 6.24. The van der Waals surface area contributed by atoms with E-state index in [2.05, 4.69) is 36.1 Å². The molecule has 0 aliphatic rings. The van der Waals surface area contributed by atoms with Gasteiger partial charge in [-0.1, -0.05) is 26.8 Å². The van der Waals surface area contributed by atoms with Crippen molar-refractivity contribution in [1.29, 1.82) is 0 Å². The fraction of sp³-hybridized carbons (Fsp3) is 0.345. The first kappa shape index (κ1) is 28.2. The first-order valence-electron chi connectivity index (χ1n) is 12.1. The van der Waals surface area contributed by atoms with Gasteiger partial charge in [0.15, 0.2) is 0 Å². The fourth-order valence-corrected chi connectivity index (χ4v) is 4.47. The van der Waals surface area contributed by atoms with E-state index in [1.54, 1.807) is 43.1 Å². The zero-order valence-electron chi connectivity index (χ0n) is 22.5. The van der Waals surface area contributed by atoms with Crippen molar-refractivity contribution in [3.05, 3.63) is 71.4 Å². The molecule has 1 aromatic heterocycles. The number of aromatic nitrogens is 1. The molecule has 1 amide bonds. The topological polar surface area (TPSA) is 89.6 Å². The maximum atomic E-state index is 15.3. The molecule has 0 unspecified atom stereocenters. The number of carbonyl (C=O) groups excluding carboxylic acids is 1. The molecule has 0 bridgehead atoms. The Bertz CT molecular complexity index is 1350. The zero-order chi connectivity index (χ0) is 27.4. The number of halogens is 1. The van der Waals surface area contributed by atoms with Crippen molar-refractivity contribution in [1.82, 2.24) is 10.3 Å². The number of carbonyl (C=O) groups is 1. The lowest BCUT2D eigenvalue weighted by Gasteiger charge is -2.18. The van der Waals surface area contributed by atoms with Gasteiger partial charge < -0.3 is 15.8 Å². The maximum Gasteiger partial charge on any atom is 0.228 e. The van der Waals surface area contributed by atoms with Crippen LogP contribution >= 0.6 is 11.8 Å². The number of hydrogen-bond acceptors (Lipinski definition) is 6. The molecule has 0 saturated heterocycles. The average molecular weight is 523 g/mol. The summed E-state index contributed by atoms with van der Waals surface area (Å²) < 4.78 is 21.5. The largest absolute Gasteiger partial charge is 0.456 e. The Hall–Kier alpha value is -3.39. The number of pyridine rings is 1. The standard InChI is InChI=1S/C29H35FN4O2S/c1-18-24(36-25-12-13-32-23-10-9-21(15-22(23)25)37-29(5,6)7)11-8-19(27(18)30)14-26(35)34-20(16-31)17-33-28(2,3)4/h8-13,15-17H,14,31H2,1-7H3,(H,34,35)/b20-16+,33-17?. The highest BCUT2D eigenvalue weighted by molar-refractivity contribution is 8.00. The number of amides is 1. The van der Waals surface area contributed by atoms with Gasteiger partial charge in [-0.05, 0) is 63.6 Å². The SMILES string of the molecule is Cc1c(Oc2ccnc3ccc(SC(C)(C)C)cc23)ccc(CC(=O)N/C(C=NC(C)(C)C)=C/N)c1F. The molecule has 3 N–H and O–H groups in total. The number of hydrogen-bond donors (Lipinski definition) is 2. The van der Waals surface area contributed by atoms with Crippen molar-refractivity contribution in [3.8, 4) is 11.5 Å². The third kappa shape index (κ3) is 8.05. The number of thioether (sulfide) groups is 1. The monoisotopic (exact) mass is 522 g/mol. The summed E-state index contributed by atoms with van der Waals surface area (Å²) in [6.45, 7) is 13.9. The van der Waals surface area contributed by atoms with Gasteiger partial charge in [-0.2, -0.15) is 0 Å². The van der Waals surface area contributed by atoms with Gasteiger partial charge in [-0.25, -0.2) is 4.39 Å². The van der Waals surface area contributed by atoms with E-state index >= 15 is 4.39 Å². The van der Waals surface area contributed by atoms with Gasteiger partial charge >= 0.3 is 0 Å². The van der Waals surface area contributed by atoms with Gasteiger partial charge in [0.1, 0.15) is 17.3 Å². The summed E-state index contributed by atoms with van der Waals surface area (Å²) in [5, 5.41) is 3.52. The molecule has 2 aromatic carbocycles. The third-order valence-electron chi connectivity index (χ3n) is 5.14. The van der Waals surface area contributed by atoms with Crippen LogP contribution in [0.1, 0.15) is 52.7 Å². The molecule has 0 aliphatic carbocycles. The molecule has 196 valence electrons. The Balaban J connectivity index is 1.81. The Labute approximate surface area is 222 Å². The molecule has 6 nitrogen and oxygen atoms in total. The van der Waals surface area contributed by atoms with Gasteiger partial charge in [0.05, 0.1) is 23.2 Å². The first-order chi connectivity index (χ1) is 17.3. The summed E-state index contributed by atoms with van der Waals surface area (Å²) >= 11 is 1.75. The molecule has 0 aliphatic heterocycles. The van der Waals surface area contributed by atoms with Crippen molar-refractivity contribution >= 4 is 34.8 Å². The quantitative estimate of drug-likeness (QED) is 0.266. The average Bonchev–Trinajstić information content (AvgIpc) is 2.80. The van der Waals surface area contributed by atoms with Crippen molar-refractivity contribution in [2.75, 3.05) is 0 Å². The van der Waals surface area contributed by atoms with Gasteiger partial charge in [0.2, 0.25) is 5.91 Å².